The number of aliphatic imine (C=N–C) groups is 1. The molecule has 2 aliphatic rings. The van der Waals surface area contributed by atoms with Crippen molar-refractivity contribution in [3.05, 3.63) is 77.9 Å². The molecule has 5 nitrogen and oxygen atoms in total. The van der Waals surface area contributed by atoms with Crippen LogP contribution in [-0.4, -0.2) is 48.5 Å². The summed E-state index contributed by atoms with van der Waals surface area (Å²) in [7, 11) is 0. The Kier molecular flexibility index (Phi) is 15.7. The molecule has 0 heterocycles. The van der Waals surface area contributed by atoms with E-state index in [4.69, 9.17) is 16.2 Å². The van der Waals surface area contributed by atoms with E-state index in [1.54, 1.807) is 0 Å². The zero-order valence-corrected chi connectivity index (χ0v) is 34.3. The summed E-state index contributed by atoms with van der Waals surface area (Å²) in [5.74, 6) is -1.66. The summed E-state index contributed by atoms with van der Waals surface area (Å²) in [6.07, 6.45) is 24.3. The summed E-state index contributed by atoms with van der Waals surface area (Å²) < 4.78 is 0. The first-order valence-electron chi connectivity index (χ1n) is 21.0. The molecule has 2 fully saturated rings. The normalized spacial score (nSPS) is 17.7. The fraction of sp³-hybridized carbons (Fsp3) is 0.600. The van der Waals surface area contributed by atoms with E-state index in [2.05, 4.69) is 103 Å². The standard InChI is InChI=1S/C45H68ClN4OP/c1-4-7-30-52(46,31-8-5-2,32-9-6-3)35-36-25-28-42(29-26-36)47-44(51)43(34-37-24-27-38-18-16-17-19-39(38)33-37)50-45(48-40-20-12-10-13-21-40)49-41-22-14-11-15-23-41/h16-19,24-29,33,40-41,43H,4-15,20-23,30-32,34-35H2,1-3H3,(H,47,51)(H2,48,49,50)/t43-/m0/s1. The van der Waals surface area contributed by atoms with Crippen LogP contribution in [0.25, 0.3) is 10.8 Å². The van der Waals surface area contributed by atoms with E-state index in [0.717, 1.165) is 49.1 Å². The van der Waals surface area contributed by atoms with Gasteiger partial charge in [-0.1, -0.05) is 62.8 Å². The van der Waals surface area contributed by atoms with E-state index in [0.29, 0.717) is 18.5 Å². The molecule has 3 aromatic rings. The second kappa shape index (κ2) is 20.2. The minimum absolute atomic E-state index is 0.0338. The number of nitrogens with one attached hydrogen (secondary N) is 3. The zero-order valence-electron chi connectivity index (χ0n) is 32.6. The van der Waals surface area contributed by atoms with E-state index in [1.807, 2.05) is 0 Å². The number of benzene rings is 3. The molecule has 3 N–H and O–H groups in total. The molecular weight excluding hydrogens is 679 g/mol. The predicted molar refractivity (Wildman–Crippen MR) is 230 cm³/mol. The SMILES string of the molecule is CCCCP(Cl)(CCCC)(CCCC)Cc1ccc(NC(=O)[C@H](Cc2ccc3ccccc3c2)NC(=NC2CCCCC2)NC2CCCCC2)cc1. The van der Waals surface area contributed by atoms with Crippen LogP contribution >= 0.6 is 17.2 Å². The van der Waals surface area contributed by atoms with Crippen LogP contribution in [0.3, 0.4) is 0 Å². The number of anilines is 1. The fourth-order valence-electron chi connectivity index (χ4n) is 8.54. The molecule has 1 atom stereocenters. The first kappa shape index (κ1) is 40.6. The Morgan fingerprint density at radius 1 is 0.750 bits per heavy atom. The molecule has 0 saturated heterocycles. The van der Waals surface area contributed by atoms with Gasteiger partial charge in [0, 0.05) is 0 Å². The number of guanidine groups is 1. The number of amides is 1. The van der Waals surface area contributed by atoms with Gasteiger partial charge in [-0.05, 0) is 31.1 Å². The number of unbranched alkanes of at least 4 members (excludes halogenated alkanes) is 3. The second-order valence-electron chi connectivity index (χ2n) is 16.2. The van der Waals surface area contributed by atoms with E-state index in [1.165, 1.54) is 112 Å². The van der Waals surface area contributed by atoms with Crippen LogP contribution in [0.4, 0.5) is 5.69 Å². The van der Waals surface area contributed by atoms with Crippen molar-refractivity contribution in [1.29, 1.82) is 0 Å². The van der Waals surface area contributed by atoms with Gasteiger partial charge in [-0.2, -0.15) is 0 Å². The van der Waals surface area contributed by atoms with Gasteiger partial charge >= 0.3 is 228 Å². The van der Waals surface area contributed by atoms with Gasteiger partial charge < -0.3 is 0 Å². The molecule has 0 radical (unpaired) electrons. The topological polar surface area (TPSA) is 65.5 Å². The van der Waals surface area contributed by atoms with E-state index in [-0.39, 0.29) is 5.91 Å². The summed E-state index contributed by atoms with van der Waals surface area (Å²) in [6, 6.07) is 23.9. The fourth-order valence-corrected chi connectivity index (χ4v) is 15.6. The molecule has 7 heteroatoms. The molecule has 3 aromatic carbocycles. The number of hydrogen-bond donors (Lipinski definition) is 3. The van der Waals surface area contributed by atoms with Crippen LogP contribution in [0.15, 0.2) is 71.7 Å². The average molecular weight is 747 g/mol. The van der Waals surface area contributed by atoms with Crippen molar-refractivity contribution in [2.45, 2.75) is 154 Å². The van der Waals surface area contributed by atoms with Crippen LogP contribution in [0.5, 0.6) is 0 Å². The Balaban J connectivity index is 1.38. The quantitative estimate of drug-likeness (QED) is 0.0690. The average Bonchev–Trinajstić information content (AvgIpc) is 3.17. The summed E-state index contributed by atoms with van der Waals surface area (Å²) in [4.78, 5) is 19.6. The van der Waals surface area contributed by atoms with Gasteiger partial charge in [0.15, 0.2) is 0 Å². The molecular formula is C45H68ClN4OP. The molecule has 286 valence electrons. The van der Waals surface area contributed by atoms with Gasteiger partial charge in [0.05, 0.1) is 0 Å². The number of hydrogen-bond acceptors (Lipinski definition) is 2. The van der Waals surface area contributed by atoms with Crippen LogP contribution in [0.1, 0.15) is 135 Å². The number of carbonyl (C=O) groups excluding carboxylic acids is 1. The second-order valence-corrected chi connectivity index (χ2v) is 24.4. The van der Waals surface area contributed by atoms with E-state index < -0.39 is 12.0 Å². The van der Waals surface area contributed by atoms with Crippen LogP contribution in [-0.2, 0) is 17.4 Å². The van der Waals surface area contributed by atoms with E-state index >= 15 is 0 Å². The molecule has 0 bridgehead atoms. The van der Waals surface area contributed by atoms with Crippen LogP contribution < -0.4 is 16.0 Å². The molecule has 0 unspecified atom stereocenters. The van der Waals surface area contributed by atoms with Gasteiger partial charge in [-0.15, -0.1) is 0 Å². The molecule has 0 aliphatic heterocycles. The van der Waals surface area contributed by atoms with Gasteiger partial charge in [-0.3, -0.25) is 0 Å². The molecule has 0 spiro atoms. The molecule has 1 amide bonds. The molecule has 5 rings (SSSR count). The summed E-state index contributed by atoms with van der Waals surface area (Å²) in [5, 5.41) is 13.2. The number of nitrogens with zero attached hydrogens (tertiary/aromatic N) is 1. The summed E-state index contributed by atoms with van der Waals surface area (Å²) >= 11 is 7.97. The maximum absolute atomic E-state index is 14.3. The molecule has 2 saturated carbocycles. The van der Waals surface area contributed by atoms with Crippen molar-refractivity contribution >= 4 is 45.5 Å². The first-order valence-corrected chi connectivity index (χ1v) is 24.9. The number of fused-ring (bicyclic) bond motifs is 1. The van der Waals surface area contributed by atoms with Crippen LogP contribution in [0.2, 0.25) is 0 Å². The number of carbonyl (C=O) groups is 1. The summed E-state index contributed by atoms with van der Waals surface area (Å²) in [5.41, 5.74) is 3.27. The van der Waals surface area contributed by atoms with Crippen molar-refractivity contribution in [2.75, 3.05) is 23.8 Å². The van der Waals surface area contributed by atoms with Gasteiger partial charge in [0.25, 0.3) is 0 Å². The Labute approximate surface area is 320 Å². The zero-order chi connectivity index (χ0) is 36.7. The maximum atomic E-state index is 14.3. The summed E-state index contributed by atoms with van der Waals surface area (Å²) in [6.45, 7) is 6.86. The number of halogens is 1. The van der Waals surface area contributed by atoms with Gasteiger partial charge in [0.1, 0.15) is 0 Å². The van der Waals surface area contributed by atoms with Crippen molar-refractivity contribution in [3.8, 4) is 0 Å². The minimum atomic E-state index is -2.43. The van der Waals surface area contributed by atoms with Crippen molar-refractivity contribution in [2.24, 2.45) is 4.99 Å². The van der Waals surface area contributed by atoms with Gasteiger partial charge in [-0.25, -0.2) is 0 Å². The third-order valence-corrected chi connectivity index (χ3v) is 19.1. The Bertz CT molecular complexity index is 1540. The van der Waals surface area contributed by atoms with E-state index in [9.17, 15) is 4.79 Å². The first-order chi connectivity index (χ1) is 25.3. The van der Waals surface area contributed by atoms with Crippen molar-refractivity contribution in [1.82, 2.24) is 10.6 Å². The monoisotopic (exact) mass is 746 g/mol. The number of rotatable bonds is 18. The Morgan fingerprint density at radius 2 is 1.33 bits per heavy atom. The predicted octanol–water partition coefficient (Wildman–Crippen LogP) is 12.2. The molecule has 2 aliphatic carbocycles. The van der Waals surface area contributed by atoms with Gasteiger partial charge in [0.2, 0.25) is 0 Å². The third kappa shape index (κ3) is 12.2. The van der Waals surface area contributed by atoms with Crippen LogP contribution in [0, 0.1) is 0 Å². The molecule has 0 aromatic heterocycles. The Hall–Kier alpha value is -2.62. The van der Waals surface area contributed by atoms with Crippen molar-refractivity contribution < 1.29 is 4.79 Å². The van der Waals surface area contributed by atoms with Crippen molar-refractivity contribution in [3.63, 3.8) is 0 Å². The Morgan fingerprint density at radius 3 is 1.94 bits per heavy atom. The third-order valence-electron chi connectivity index (χ3n) is 11.7. The molecule has 52 heavy (non-hydrogen) atoms.